The van der Waals surface area contributed by atoms with Crippen LogP contribution in [-0.4, -0.2) is 29.7 Å². The van der Waals surface area contributed by atoms with E-state index in [0.717, 1.165) is 10.5 Å². The van der Waals surface area contributed by atoms with Gasteiger partial charge in [0.05, 0.1) is 11.1 Å². The molecular weight excluding hydrogens is 304 g/mol. The van der Waals surface area contributed by atoms with Gasteiger partial charge in [0.25, 0.3) is 17.7 Å². The first-order valence-corrected chi connectivity index (χ1v) is 7.76. The number of hydrogen-bond donors (Lipinski definition) is 1. The molecule has 1 heterocycles. The number of anilines is 1. The van der Waals surface area contributed by atoms with Crippen molar-refractivity contribution in [3.05, 3.63) is 64.7 Å². The van der Waals surface area contributed by atoms with E-state index >= 15 is 0 Å². The molecule has 0 fully saturated rings. The predicted octanol–water partition coefficient (Wildman–Crippen LogP) is 3.29. The minimum absolute atomic E-state index is 0.270. The Morgan fingerprint density at radius 2 is 1.71 bits per heavy atom. The molecular formula is C19H18N2O3. The van der Waals surface area contributed by atoms with Gasteiger partial charge in [-0.05, 0) is 41.8 Å². The molecule has 1 aliphatic heterocycles. The molecule has 5 heteroatoms. The summed E-state index contributed by atoms with van der Waals surface area (Å²) in [6, 6.07) is 12.2. The third kappa shape index (κ3) is 2.69. The number of carbonyl (C=O) groups excluding carboxylic acids is 3. The van der Waals surface area contributed by atoms with Crippen LogP contribution in [0.2, 0.25) is 0 Å². The van der Waals surface area contributed by atoms with E-state index in [1.54, 1.807) is 6.07 Å². The minimum atomic E-state index is -0.383. The number of rotatable bonds is 3. The molecule has 1 N–H and O–H groups in total. The normalized spacial score (nSPS) is 13.4. The fraction of sp³-hybridized carbons (Fsp3) is 0.211. The summed E-state index contributed by atoms with van der Waals surface area (Å²) in [5.41, 5.74) is 2.78. The van der Waals surface area contributed by atoms with Crippen LogP contribution in [0, 0.1) is 0 Å². The van der Waals surface area contributed by atoms with Crippen molar-refractivity contribution in [3.8, 4) is 0 Å². The predicted molar refractivity (Wildman–Crippen MR) is 91.4 cm³/mol. The highest BCUT2D eigenvalue weighted by Crippen LogP contribution is 2.24. The molecule has 0 unspecified atom stereocenters. The SMILES string of the molecule is CC(C)c1cccc(NC(=O)c2ccc3c(c2)C(=O)N(C)C3=O)c1. The summed E-state index contributed by atoms with van der Waals surface area (Å²) < 4.78 is 0. The topological polar surface area (TPSA) is 66.5 Å². The van der Waals surface area contributed by atoms with Crippen molar-refractivity contribution in [3.63, 3.8) is 0 Å². The summed E-state index contributed by atoms with van der Waals surface area (Å²) in [7, 11) is 1.43. The second kappa shape index (κ2) is 5.92. The van der Waals surface area contributed by atoms with E-state index in [9.17, 15) is 14.4 Å². The lowest BCUT2D eigenvalue weighted by Gasteiger charge is -2.10. The number of benzene rings is 2. The average Bonchev–Trinajstić information content (AvgIpc) is 2.79. The van der Waals surface area contributed by atoms with E-state index < -0.39 is 0 Å². The van der Waals surface area contributed by atoms with Gasteiger partial charge in [0, 0.05) is 18.3 Å². The summed E-state index contributed by atoms with van der Waals surface area (Å²) in [5, 5.41) is 2.83. The molecule has 3 amide bonds. The monoisotopic (exact) mass is 322 g/mol. The lowest BCUT2D eigenvalue weighted by molar-refractivity contribution is 0.0693. The van der Waals surface area contributed by atoms with Crippen molar-refractivity contribution in [1.82, 2.24) is 4.90 Å². The highest BCUT2D eigenvalue weighted by atomic mass is 16.2. The first-order valence-electron chi connectivity index (χ1n) is 7.76. The van der Waals surface area contributed by atoms with Gasteiger partial charge in [0.2, 0.25) is 0 Å². The fourth-order valence-corrected chi connectivity index (χ4v) is 2.68. The van der Waals surface area contributed by atoms with Gasteiger partial charge in [-0.2, -0.15) is 0 Å². The zero-order valence-electron chi connectivity index (χ0n) is 13.8. The highest BCUT2D eigenvalue weighted by molar-refractivity contribution is 6.22. The standard InChI is InChI=1S/C19H18N2O3/c1-11(2)12-5-4-6-14(9-12)20-17(22)13-7-8-15-16(10-13)19(24)21(3)18(15)23/h4-11H,1-3H3,(H,20,22). The Labute approximate surface area is 140 Å². The van der Waals surface area contributed by atoms with Crippen LogP contribution in [0.3, 0.4) is 0 Å². The number of amides is 3. The molecule has 2 aromatic carbocycles. The molecule has 0 bridgehead atoms. The Kier molecular flexibility index (Phi) is 3.93. The molecule has 2 aromatic rings. The lowest BCUT2D eigenvalue weighted by Crippen LogP contribution is -2.24. The third-order valence-electron chi connectivity index (χ3n) is 4.16. The van der Waals surface area contributed by atoms with E-state index in [1.165, 1.54) is 19.2 Å². The van der Waals surface area contributed by atoms with Gasteiger partial charge < -0.3 is 5.32 Å². The number of hydrogen-bond acceptors (Lipinski definition) is 3. The summed E-state index contributed by atoms with van der Waals surface area (Å²) >= 11 is 0. The van der Waals surface area contributed by atoms with E-state index in [4.69, 9.17) is 0 Å². The Morgan fingerprint density at radius 3 is 2.42 bits per heavy atom. The van der Waals surface area contributed by atoms with Crippen molar-refractivity contribution in [2.24, 2.45) is 0 Å². The Balaban J connectivity index is 1.86. The molecule has 5 nitrogen and oxygen atoms in total. The molecule has 0 spiro atoms. The number of carbonyl (C=O) groups is 3. The van der Waals surface area contributed by atoms with E-state index in [-0.39, 0.29) is 23.3 Å². The average molecular weight is 322 g/mol. The smallest absolute Gasteiger partial charge is 0.261 e. The van der Waals surface area contributed by atoms with Gasteiger partial charge >= 0.3 is 0 Å². The van der Waals surface area contributed by atoms with E-state index in [2.05, 4.69) is 19.2 Å². The second-order valence-electron chi connectivity index (χ2n) is 6.16. The van der Waals surface area contributed by atoms with Crippen molar-refractivity contribution >= 4 is 23.4 Å². The van der Waals surface area contributed by atoms with Crippen LogP contribution in [-0.2, 0) is 0 Å². The Morgan fingerprint density at radius 1 is 1.00 bits per heavy atom. The maximum absolute atomic E-state index is 12.4. The molecule has 0 radical (unpaired) electrons. The highest BCUT2D eigenvalue weighted by Gasteiger charge is 2.33. The first kappa shape index (κ1) is 15.9. The largest absolute Gasteiger partial charge is 0.322 e. The van der Waals surface area contributed by atoms with E-state index in [0.29, 0.717) is 22.7 Å². The maximum Gasteiger partial charge on any atom is 0.261 e. The van der Waals surface area contributed by atoms with Crippen LogP contribution < -0.4 is 5.32 Å². The van der Waals surface area contributed by atoms with Gasteiger partial charge in [-0.1, -0.05) is 26.0 Å². The Hall–Kier alpha value is -2.95. The van der Waals surface area contributed by atoms with Gasteiger partial charge in [-0.3, -0.25) is 19.3 Å². The summed E-state index contributed by atoms with van der Waals surface area (Å²) in [6.07, 6.45) is 0. The molecule has 0 saturated carbocycles. The lowest BCUT2D eigenvalue weighted by atomic mass is 10.0. The molecule has 1 aliphatic rings. The Bertz CT molecular complexity index is 855. The summed E-state index contributed by atoms with van der Waals surface area (Å²) in [4.78, 5) is 37.4. The van der Waals surface area contributed by atoms with E-state index in [1.807, 2.05) is 24.3 Å². The van der Waals surface area contributed by atoms with Crippen molar-refractivity contribution in [2.75, 3.05) is 12.4 Å². The van der Waals surface area contributed by atoms with Crippen LogP contribution in [0.4, 0.5) is 5.69 Å². The maximum atomic E-state index is 12.4. The van der Waals surface area contributed by atoms with Gasteiger partial charge in [-0.15, -0.1) is 0 Å². The van der Waals surface area contributed by atoms with Crippen LogP contribution in [0.1, 0.15) is 56.4 Å². The molecule has 0 aliphatic carbocycles. The van der Waals surface area contributed by atoms with Crippen molar-refractivity contribution in [1.29, 1.82) is 0 Å². The fourth-order valence-electron chi connectivity index (χ4n) is 2.68. The summed E-state index contributed by atoms with van der Waals surface area (Å²) in [5.74, 6) is -0.674. The zero-order valence-corrected chi connectivity index (χ0v) is 13.8. The number of nitrogens with zero attached hydrogens (tertiary/aromatic N) is 1. The first-order chi connectivity index (χ1) is 11.4. The number of fused-ring (bicyclic) bond motifs is 1. The van der Waals surface area contributed by atoms with Crippen LogP contribution in [0.15, 0.2) is 42.5 Å². The molecule has 3 rings (SSSR count). The van der Waals surface area contributed by atoms with Gasteiger partial charge in [0.1, 0.15) is 0 Å². The van der Waals surface area contributed by atoms with Crippen LogP contribution in [0.5, 0.6) is 0 Å². The second-order valence-corrected chi connectivity index (χ2v) is 6.16. The van der Waals surface area contributed by atoms with Gasteiger partial charge in [0.15, 0.2) is 0 Å². The zero-order chi connectivity index (χ0) is 17.4. The van der Waals surface area contributed by atoms with Crippen LogP contribution >= 0.6 is 0 Å². The molecule has 122 valence electrons. The summed E-state index contributed by atoms with van der Waals surface area (Å²) in [6.45, 7) is 4.17. The quantitative estimate of drug-likeness (QED) is 0.882. The van der Waals surface area contributed by atoms with Crippen LogP contribution in [0.25, 0.3) is 0 Å². The molecule has 24 heavy (non-hydrogen) atoms. The number of imide groups is 1. The molecule has 0 saturated heterocycles. The third-order valence-corrected chi connectivity index (χ3v) is 4.16. The number of nitrogens with one attached hydrogen (secondary N) is 1. The molecule has 0 aromatic heterocycles. The van der Waals surface area contributed by atoms with Gasteiger partial charge in [-0.25, -0.2) is 0 Å². The van der Waals surface area contributed by atoms with Crippen molar-refractivity contribution < 1.29 is 14.4 Å². The molecule has 0 atom stereocenters. The van der Waals surface area contributed by atoms with Crippen molar-refractivity contribution in [2.45, 2.75) is 19.8 Å². The minimum Gasteiger partial charge on any atom is -0.322 e.